The molecule has 0 spiro atoms. The van der Waals surface area contributed by atoms with Crippen molar-refractivity contribution in [3.8, 4) is 28.3 Å². The van der Waals surface area contributed by atoms with E-state index in [1.54, 1.807) is 24.9 Å². The van der Waals surface area contributed by atoms with Crippen molar-refractivity contribution in [1.82, 2.24) is 15.3 Å². The number of carbonyl (C=O) groups is 1. The predicted molar refractivity (Wildman–Crippen MR) is 115 cm³/mol. The van der Waals surface area contributed by atoms with Crippen LogP contribution in [0.15, 0.2) is 59.6 Å². The van der Waals surface area contributed by atoms with Crippen LogP contribution in [0, 0.1) is 17.8 Å². The number of nitrogens with zero attached hydrogens (tertiary/aromatic N) is 2. The third-order valence-electron chi connectivity index (χ3n) is 7.20. The Hall–Kier alpha value is -3.15. The lowest BCUT2D eigenvalue weighted by atomic mass is 9.53. The van der Waals surface area contributed by atoms with E-state index in [1.165, 1.54) is 19.3 Å². The molecule has 1 aromatic carbocycles. The highest BCUT2D eigenvalue weighted by Gasteiger charge is 2.51. The Labute approximate surface area is 181 Å². The van der Waals surface area contributed by atoms with Gasteiger partial charge in [-0.1, -0.05) is 12.1 Å². The van der Waals surface area contributed by atoms with Crippen molar-refractivity contribution >= 4 is 6.09 Å². The van der Waals surface area contributed by atoms with Crippen LogP contribution in [0.2, 0.25) is 0 Å². The molecular weight excluding hydrogens is 390 g/mol. The summed E-state index contributed by atoms with van der Waals surface area (Å²) in [5.41, 5.74) is 2.56. The van der Waals surface area contributed by atoms with Gasteiger partial charge in [-0.25, -0.2) is 9.78 Å². The quantitative estimate of drug-likeness (QED) is 0.612. The summed E-state index contributed by atoms with van der Waals surface area (Å²) < 4.78 is 11.1. The Morgan fingerprint density at radius 3 is 2.45 bits per heavy atom. The minimum absolute atomic E-state index is 0.0578. The zero-order valence-corrected chi connectivity index (χ0v) is 17.3. The number of oxazole rings is 1. The first-order valence-electron chi connectivity index (χ1n) is 11.1. The molecule has 4 aliphatic carbocycles. The molecule has 1 N–H and O–H groups in total. The number of pyridine rings is 1. The Morgan fingerprint density at radius 2 is 1.74 bits per heavy atom. The summed E-state index contributed by atoms with van der Waals surface area (Å²) in [4.78, 5) is 21.3. The van der Waals surface area contributed by atoms with Crippen molar-refractivity contribution in [2.75, 3.05) is 0 Å². The molecule has 0 unspecified atom stereocenters. The van der Waals surface area contributed by atoms with Crippen LogP contribution < -0.4 is 10.1 Å². The fourth-order valence-corrected chi connectivity index (χ4v) is 6.43. The molecule has 4 saturated carbocycles. The number of ether oxygens (including phenoxy) is 1. The van der Waals surface area contributed by atoms with Gasteiger partial charge in [0, 0.05) is 23.5 Å². The summed E-state index contributed by atoms with van der Waals surface area (Å²) in [7, 11) is 0. The van der Waals surface area contributed by atoms with Crippen LogP contribution in [0.5, 0.6) is 5.75 Å². The van der Waals surface area contributed by atoms with Gasteiger partial charge in [0.15, 0.2) is 0 Å². The SMILES string of the molecule is O=C(NC12CC3CC(CC(C3)C1)C2)Oc1cccc(-c2cncc(-c3ncco3)c2)c1. The van der Waals surface area contributed by atoms with Crippen LogP contribution in [0.25, 0.3) is 22.6 Å². The fraction of sp³-hybridized carbons (Fsp3) is 0.400. The minimum Gasteiger partial charge on any atom is -0.444 e. The molecule has 2 heterocycles. The average molecular weight is 415 g/mol. The Kier molecular flexibility index (Phi) is 4.33. The van der Waals surface area contributed by atoms with Gasteiger partial charge in [-0.15, -0.1) is 0 Å². The van der Waals surface area contributed by atoms with Gasteiger partial charge in [0.05, 0.1) is 11.8 Å². The molecule has 0 atom stereocenters. The van der Waals surface area contributed by atoms with Crippen molar-refractivity contribution in [2.45, 2.75) is 44.1 Å². The number of aromatic nitrogens is 2. The first-order valence-corrected chi connectivity index (χ1v) is 11.1. The zero-order chi connectivity index (χ0) is 20.8. The molecule has 4 bridgehead atoms. The highest BCUT2D eigenvalue weighted by atomic mass is 16.6. The van der Waals surface area contributed by atoms with Crippen molar-refractivity contribution < 1.29 is 13.9 Å². The van der Waals surface area contributed by atoms with Crippen LogP contribution in [-0.2, 0) is 0 Å². The van der Waals surface area contributed by atoms with Crippen molar-refractivity contribution in [1.29, 1.82) is 0 Å². The minimum atomic E-state index is -0.342. The first kappa shape index (κ1) is 18.6. The second-order valence-corrected chi connectivity index (χ2v) is 9.54. The second-order valence-electron chi connectivity index (χ2n) is 9.54. The van der Waals surface area contributed by atoms with Gasteiger partial charge in [0.2, 0.25) is 5.89 Å². The zero-order valence-electron chi connectivity index (χ0n) is 17.3. The standard InChI is InChI=1S/C25H25N3O3/c29-24(28-25-11-16-6-17(12-25)8-18(7-16)13-25)31-22-3-1-2-19(10-22)20-9-21(15-26-14-20)23-27-4-5-30-23/h1-5,9-10,14-18H,6-8,11-13H2,(H,28,29). The lowest BCUT2D eigenvalue weighted by Crippen LogP contribution is -2.60. The number of rotatable bonds is 4. The molecule has 158 valence electrons. The molecule has 0 radical (unpaired) electrons. The summed E-state index contributed by atoms with van der Waals surface area (Å²) in [6, 6.07) is 9.51. The number of carbonyl (C=O) groups excluding carboxylic acids is 1. The topological polar surface area (TPSA) is 77.2 Å². The van der Waals surface area contributed by atoms with Crippen LogP contribution >= 0.6 is 0 Å². The largest absolute Gasteiger partial charge is 0.444 e. The lowest BCUT2D eigenvalue weighted by molar-refractivity contribution is -0.0161. The van der Waals surface area contributed by atoms with E-state index in [0.29, 0.717) is 11.6 Å². The normalized spacial score (nSPS) is 28.5. The monoisotopic (exact) mass is 415 g/mol. The van der Waals surface area contributed by atoms with E-state index < -0.39 is 0 Å². The number of hydrogen-bond donors (Lipinski definition) is 1. The molecular formula is C25H25N3O3. The third kappa shape index (κ3) is 3.60. The molecule has 6 heteroatoms. The number of hydrogen-bond acceptors (Lipinski definition) is 5. The van der Waals surface area contributed by atoms with E-state index in [9.17, 15) is 4.79 Å². The van der Waals surface area contributed by atoms with Crippen LogP contribution in [-0.4, -0.2) is 21.6 Å². The summed E-state index contributed by atoms with van der Waals surface area (Å²) in [5, 5.41) is 3.27. The molecule has 3 aromatic rings. The Balaban J connectivity index is 1.18. The van der Waals surface area contributed by atoms with E-state index in [2.05, 4.69) is 15.3 Å². The second kappa shape index (κ2) is 7.22. The molecule has 0 saturated heterocycles. The number of amides is 1. The third-order valence-corrected chi connectivity index (χ3v) is 7.20. The van der Waals surface area contributed by atoms with Gasteiger partial charge in [0.25, 0.3) is 0 Å². The van der Waals surface area contributed by atoms with E-state index in [4.69, 9.17) is 9.15 Å². The average Bonchev–Trinajstić information content (AvgIpc) is 3.27. The molecule has 31 heavy (non-hydrogen) atoms. The number of benzene rings is 1. The maximum atomic E-state index is 12.8. The van der Waals surface area contributed by atoms with E-state index in [-0.39, 0.29) is 11.6 Å². The maximum absolute atomic E-state index is 12.8. The highest BCUT2D eigenvalue weighted by molar-refractivity contribution is 5.74. The number of nitrogens with one attached hydrogen (secondary N) is 1. The summed E-state index contributed by atoms with van der Waals surface area (Å²) in [6.07, 6.45) is 13.7. The van der Waals surface area contributed by atoms with Gasteiger partial charge < -0.3 is 14.5 Å². The van der Waals surface area contributed by atoms with Gasteiger partial charge in [-0.05, 0) is 80.0 Å². The molecule has 0 aliphatic heterocycles. The molecule has 2 aromatic heterocycles. The first-order chi connectivity index (χ1) is 15.1. The fourth-order valence-electron chi connectivity index (χ4n) is 6.43. The van der Waals surface area contributed by atoms with Crippen LogP contribution in [0.4, 0.5) is 4.79 Å². The summed E-state index contributed by atoms with van der Waals surface area (Å²) in [6.45, 7) is 0. The summed E-state index contributed by atoms with van der Waals surface area (Å²) >= 11 is 0. The van der Waals surface area contributed by atoms with Crippen molar-refractivity contribution in [2.24, 2.45) is 17.8 Å². The van der Waals surface area contributed by atoms with Crippen molar-refractivity contribution in [3.63, 3.8) is 0 Å². The molecule has 4 aliphatic rings. The van der Waals surface area contributed by atoms with Crippen LogP contribution in [0.1, 0.15) is 38.5 Å². The van der Waals surface area contributed by atoms with Gasteiger partial charge in [0.1, 0.15) is 12.0 Å². The Bertz CT molecular complexity index is 1070. The van der Waals surface area contributed by atoms with Crippen molar-refractivity contribution in [3.05, 3.63) is 55.2 Å². The predicted octanol–water partition coefficient (Wildman–Crippen LogP) is 5.46. The van der Waals surface area contributed by atoms with Gasteiger partial charge in [-0.2, -0.15) is 0 Å². The molecule has 6 nitrogen and oxygen atoms in total. The molecule has 7 rings (SSSR count). The van der Waals surface area contributed by atoms with Gasteiger partial charge >= 0.3 is 6.09 Å². The molecule has 1 amide bonds. The van der Waals surface area contributed by atoms with E-state index in [0.717, 1.165) is 53.7 Å². The highest BCUT2D eigenvalue weighted by Crippen LogP contribution is 2.55. The summed E-state index contributed by atoms with van der Waals surface area (Å²) in [5.74, 6) is 3.38. The lowest BCUT2D eigenvalue weighted by Gasteiger charge is -2.56. The van der Waals surface area contributed by atoms with Gasteiger partial charge in [-0.3, -0.25) is 4.98 Å². The smallest absolute Gasteiger partial charge is 0.413 e. The van der Waals surface area contributed by atoms with E-state index in [1.807, 2.05) is 30.3 Å². The van der Waals surface area contributed by atoms with E-state index >= 15 is 0 Å². The Morgan fingerprint density at radius 1 is 1.00 bits per heavy atom. The molecule has 4 fully saturated rings. The van der Waals surface area contributed by atoms with Crippen LogP contribution in [0.3, 0.4) is 0 Å². The maximum Gasteiger partial charge on any atom is 0.413 e.